The summed E-state index contributed by atoms with van der Waals surface area (Å²) in [5.74, 6) is -0.593. The second-order valence-corrected chi connectivity index (χ2v) is 11.5. The van der Waals surface area contributed by atoms with Crippen LogP contribution in [0.2, 0.25) is 0 Å². The Morgan fingerprint density at radius 3 is 2.26 bits per heavy atom. The zero-order chi connectivity index (χ0) is 25.1. The van der Waals surface area contributed by atoms with E-state index in [4.69, 9.17) is 0 Å². The first-order chi connectivity index (χ1) is 15.9. The lowest BCUT2D eigenvalue weighted by molar-refractivity contribution is -0.117. The fraction of sp³-hybridized carbons (Fsp3) is 0.385. The largest absolute Gasteiger partial charge is 0.352 e. The standard InChI is InChI=1S/C26H33N3O4S/c1-6-23(30)28-22-18-25(2,3)29(26(22,4)5)34(32,33)21-14-12-20(13-15-21)24(31)27-17-16-19-10-8-7-9-11-19/h6-15,22H,1,16-18H2,2-5H3,(H,27,31)(H,28,30). The predicted octanol–water partition coefficient (Wildman–Crippen LogP) is 3.28. The Balaban J connectivity index is 1.75. The van der Waals surface area contributed by atoms with Gasteiger partial charge in [-0.1, -0.05) is 36.9 Å². The first kappa shape index (κ1) is 25.6. The second-order valence-electron chi connectivity index (χ2n) is 9.72. The highest BCUT2D eigenvalue weighted by Crippen LogP contribution is 2.44. The molecule has 0 radical (unpaired) electrons. The highest BCUT2D eigenvalue weighted by Gasteiger charge is 2.57. The average Bonchev–Trinajstić information content (AvgIpc) is 2.97. The van der Waals surface area contributed by atoms with E-state index in [-0.39, 0.29) is 22.8 Å². The third kappa shape index (κ3) is 5.23. The van der Waals surface area contributed by atoms with E-state index in [2.05, 4.69) is 17.2 Å². The fourth-order valence-electron chi connectivity index (χ4n) is 4.80. The molecule has 2 aromatic rings. The quantitative estimate of drug-likeness (QED) is 0.564. The van der Waals surface area contributed by atoms with Crippen LogP contribution < -0.4 is 10.6 Å². The summed E-state index contributed by atoms with van der Waals surface area (Å²) in [6.45, 7) is 11.3. The molecule has 1 unspecified atom stereocenters. The number of hydrogen-bond donors (Lipinski definition) is 2. The third-order valence-electron chi connectivity index (χ3n) is 6.33. The zero-order valence-corrected chi connectivity index (χ0v) is 21.0. The van der Waals surface area contributed by atoms with Gasteiger partial charge in [-0.25, -0.2) is 8.42 Å². The molecule has 0 saturated carbocycles. The van der Waals surface area contributed by atoms with E-state index < -0.39 is 21.1 Å². The molecule has 1 aliphatic heterocycles. The van der Waals surface area contributed by atoms with Crippen LogP contribution >= 0.6 is 0 Å². The third-order valence-corrected chi connectivity index (χ3v) is 8.64. The minimum Gasteiger partial charge on any atom is -0.352 e. The minimum absolute atomic E-state index is 0.102. The normalized spacial score (nSPS) is 19.4. The molecule has 1 fully saturated rings. The van der Waals surface area contributed by atoms with Gasteiger partial charge in [-0.2, -0.15) is 4.31 Å². The molecule has 2 amide bonds. The number of nitrogens with zero attached hydrogens (tertiary/aromatic N) is 1. The molecular formula is C26H33N3O4S. The van der Waals surface area contributed by atoms with E-state index in [9.17, 15) is 18.0 Å². The van der Waals surface area contributed by atoms with Crippen molar-refractivity contribution >= 4 is 21.8 Å². The first-order valence-electron chi connectivity index (χ1n) is 11.3. The number of nitrogens with one attached hydrogen (secondary N) is 2. The number of rotatable bonds is 8. The molecular weight excluding hydrogens is 450 g/mol. The summed E-state index contributed by atoms with van der Waals surface area (Å²) >= 11 is 0. The van der Waals surface area contributed by atoms with E-state index in [0.29, 0.717) is 24.9 Å². The average molecular weight is 484 g/mol. The van der Waals surface area contributed by atoms with Gasteiger partial charge in [0.1, 0.15) is 0 Å². The van der Waals surface area contributed by atoms with Gasteiger partial charge < -0.3 is 10.6 Å². The Hall–Kier alpha value is -2.97. The summed E-state index contributed by atoms with van der Waals surface area (Å²) in [4.78, 5) is 24.5. The van der Waals surface area contributed by atoms with Crippen molar-refractivity contribution in [2.75, 3.05) is 6.54 Å². The van der Waals surface area contributed by atoms with Gasteiger partial charge in [0.15, 0.2) is 0 Å². The van der Waals surface area contributed by atoms with Gasteiger partial charge in [-0.05, 0) is 76.4 Å². The molecule has 0 aliphatic carbocycles. The second kappa shape index (κ2) is 9.72. The Labute approximate surface area is 202 Å². The van der Waals surface area contributed by atoms with E-state index in [1.807, 2.05) is 58.0 Å². The van der Waals surface area contributed by atoms with Gasteiger partial charge in [-0.15, -0.1) is 0 Å². The lowest BCUT2D eigenvalue weighted by atomic mass is 9.94. The Bertz CT molecular complexity index is 1160. The van der Waals surface area contributed by atoms with Crippen molar-refractivity contribution in [3.05, 3.63) is 78.4 Å². The Morgan fingerprint density at radius 2 is 1.68 bits per heavy atom. The molecule has 1 aliphatic rings. The Morgan fingerprint density at radius 1 is 1.06 bits per heavy atom. The number of carbonyl (C=O) groups excluding carboxylic acids is 2. The van der Waals surface area contributed by atoms with Crippen molar-refractivity contribution in [3.63, 3.8) is 0 Å². The summed E-state index contributed by atoms with van der Waals surface area (Å²) in [5, 5.41) is 5.74. The molecule has 1 atom stereocenters. The first-order valence-corrected chi connectivity index (χ1v) is 12.7. The summed E-state index contributed by atoms with van der Waals surface area (Å²) in [5.41, 5.74) is -0.0746. The fourth-order valence-corrected chi connectivity index (χ4v) is 6.96. The van der Waals surface area contributed by atoms with Crippen LogP contribution in [0.1, 0.15) is 50.0 Å². The molecule has 0 bridgehead atoms. The van der Waals surface area contributed by atoms with E-state index in [1.54, 1.807) is 0 Å². The van der Waals surface area contributed by atoms with E-state index in [1.165, 1.54) is 34.6 Å². The molecule has 3 rings (SSSR count). The van der Waals surface area contributed by atoms with Crippen molar-refractivity contribution in [1.82, 2.24) is 14.9 Å². The van der Waals surface area contributed by atoms with Crippen LogP contribution in [0.15, 0.2) is 72.1 Å². The van der Waals surface area contributed by atoms with Crippen LogP contribution in [-0.2, 0) is 21.2 Å². The van der Waals surface area contributed by atoms with Gasteiger partial charge in [-0.3, -0.25) is 9.59 Å². The smallest absolute Gasteiger partial charge is 0.251 e. The van der Waals surface area contributed by atoms with Crippen molar-refractivity contribution in [2.45, 2.75) is 62.6 Å². The van der Waals surface area contributed by atoms with Gasteiger partial charge in [0.05, 0.1) is 10.4 Å². The molecule has 7 nitrogen and oxygen atoms in total. The molecule has 0 aromatic heterocycles. The molecule has 8 heteroatoms. The maximum atomic E-state index is 13.7. The molecule has 182 valence electrons. The summed E-state index contributed by atoms with van der Waals surface area (Å²) in [7, 11) is -3.90. The summed E-state index contributed by atoms with van der Waals surface area (Å²) in [6, 6.07) is 15.4. The van der Waals surface area contributed by atoms with Crippen LogP contribution in [0.25, 0.3) is 0 Å². The monoisotopic (exact) mass is 483 g/mol. The number of hydrogen-bond acceptors (Lipinski definition) is 4. The maximum absolute atomic E-state index is 13.7. The van der Waals surface area contributed by atoms with Crippen LogP contribution in [0.3, 0.4) is 0 Å². The zero-order valence-electron chi connectivity index (χ0n) is 20.2. The van der Waals surface area contributed by atoms with Crippen molar-refractivity contribution in [1.29, 1.82) is 0 Å². The highest BCUT2D eigenvalue weighted by molar-refractivity contribution is 7.89. The van der Waals surface area contributed by atoms with Gasteiger partial charge in [0.2, 0.25) is 15.9 Å². The topological polar surface area (TPSA) is 95.6 Å². The number of benzene rings is 2. The van der Waals surface area contributed by atoms with E-state index >= 15 is 0 Å². The predicted molar refractivity (Wildman–Crippen MR) is 133 cm³/mol. The number of amides is 2. The molecule has 2 N–H and O–H groups in total. The molecule has 1 saturated heterocycles. The molecule has 0 spiro atoms. The van der Waals surface area contributed by atoms with Gasteiger partial charge in [0.25, 0.3) is 5.91 Å². The van der Waals surface area contributed by atoms with Crippen LogP contribution in [0.4, 0.5) is 0 Å². The molecule has 34 heavy (non-hydrogen) atoms. The van der Waals surface area contributed by atoms with Gasteiger partial charge in [0, 0.05) is 23.7 Å². The van der Waals surface area contributed by atoms with Crippen LogP contribution in [0, 0.1) is 0 Å². The molecule has 1 heterocycles. The van der Waals surface area contributed by atoms with E-state index in [0.717, 1.165) is 5.56 Å². The van der Waals surface area contributed by atoms with Crippen molar-refractivity contribution in [3.8, 4) is 0 Å². The van der Waals surface area contributed by atoms with Gasteiger partial charge >= 0.3 is 0 Å². The molecule has 2 aromatic carbocycles. The summed E-state index contributed by atoms with van der Waals surface area (Å²) in [6.07, 6.45) is 2.35. The minimum atomic E-state index is -3.90. The highest BCUT2D eigenvalue weighted by atomic mass is 32.2. The van der Waals surface area contributed by atoms with Crippen molar-refractivity contribution < 1.29 is 18.0 Å². The maximum Gasteiger partial charge on any atom is 0.251 e. The van der Waals surface area contributed by atoms with Crippen molar-refractivity contribution in [2.24, 2.45) is 0 Å². The SMILES string of the molecule is C=CC(=O)NC1CC(C)(C)N(S(=O)(=O)c2ccc(C(=O)NCCc3ccccc3)cc2)C1(C)C. The lowest BCUT2D eigenvalue weighted by Crippen LogP contribution is -2.56. The number of carbonyl (C=O) groups is 2. The number of sulfonamides is 1. The Kier molecular flexibility index (Phi) is 7.33. The van der Waals surface area contributed by atoms with Crippen LogP contribution in [0.5, 0.6) is 0 Å². The van der Waals surface area contributed by atoms with Crippen LogP contribution in [-0.4, -0.2) is 48.2 Å². The summed E-state index contributed by atoms with van der Waals surface area (Å²) < 4.78 is 28.8. The lowest BCUT2D eigenvalue weighted by Gasteiger charge is -2.40.